The number of hydrogen-bond donors (Lipinski definition) is 1. The molecule has 0 spiro atoms. The van der Waals surface area contributed by atoms with Crippen LogP contribution in [0, 0.1) is 17.5 Å². The topological polar surface area (TPSA) is 64.1 Å². The normalized spacial score (nSPS) is 15.5. The number of rotatable bonds is 7. The lowest BCUT2D eigenvalue weighted by molar-refractivity contribution is -0.0385. The molecule has 1 fully saturated rings. The molecule has 1 aliphatic carbocycles. The van der Waals surface area contributed by atoms with Gasteiger partial charge in [0.2, 0.25) is 11.8 Å². The van der Waals surface area contributed by atoms with Gasteiger partial charge in [-0.1, -0.05) is 0 Å². The van der Waals surface area contributed by atoms with Gasteiger partial charge in [-0.25, -0.2) is 26.9 Å². The van der Waals surface area contributed by atoms with Crippen LogP contribution < -0.4 is 10.1 Å². The van der Waals surface area contributed by atoms with Crippen molar-refractivity contribution in [2.45, 2.75) is 51.0 Å². The van der Waals surface area contributed by atoms with Crippen LogP contribution in [0.3, 0.4) is 0 Å². The highest BCUT2D eigenvalue weighted by atomic mass is 19.3. The van der Waals surface area contributed by atoms with Gasteiger partial charge in [0.15, 0.2) is 5.82 Å². The molecule has 3 aromatic rings. The van der Waals surface area contributed by atoms with E-state index < -0.39 is 29.3 Å². The number of nitrogens with one attached hydrogen (secondary N) is 1. The molecule has 190 valence electrons. The van der Waals surface area contributed by atoms with Crippen LogP contribution in [0.2, 0.25) is 0 Å². The summed E-state index contributed by atoms with van der Waals surface area (Å²) in [7, 11) is 0. The van der Waals surface area contributed by atoms with Crippen LogP contribution in [0.15, 0.2) is 42.7 Å². The molecule has 0 saturated heterocycles. The molecule has 0 atom stereocenters. The van der Waals surface area contributed by atoms with Gasteiger partial charge in [-0.3, -0.25) is 9.78 Å². The number of nitrogens with zero attached hydrogens (tertiary/aromatic N) is 2. The Morgan fingerprint density at radius 2 is 1.81 bits per heavy atom. The number of halogens is 5. The molecule has 0 aliphatic heterocycles. The van der Waals surface area contributed by atoms with Gasteiger partial charge in [-0.15, -0.1) is 0 Å². The minimum Gasteiger partial charge on any atom is -0.476 e. The number of carbonyl (C=O) groups excluding carboxylic acids is 1. The molecule has 1 N–H and O–H groups in total. The Labute approximate surface area is 204 Å². The van der Waals surface area contributed by atoms with Gasteiger partial charge >= 0.3 is 0 Å². The van der Waals surface area contributed by atoms with Crippen molar-refractivity contribution in [2.24, 2.45) is 0 Å². The summed E-state index contributed by atoms with van der Waals surface area (Å²) in [5.74, 6) is -6.17. The number of carbonyl (C=O) groups is 1. The summed E-state index contributed by atoms with van der Waals surface area (Å²) >= 11 is 0. The van der Waals surface area contributed by atoms with E-state index in [9.17, 15) is 26.7 Å². The predicted octanol–water partition coefficient (Wildman–Crippen LogP) is 6.18. The molecule has 36 heavy (non-hydrogen) atoms. The summed E-state index contributed by atoms with van der Waals surface area (Å²) in [6.45, 7) is 1.69. The monoisotopic (exact) mass is 505 g/mol. The van der Waals surface area contributed by atoms with Gasteiger partial charge in [-0.05, 0) is 55.7 Å². The third-order valence-electron chi connectivity index (χ3n) is 6.19. The number of aromatic nitrogens is 2. The third-order valence-corrected chi connectivity index (χ3v) is 6.19. The van der Waals surface area contributed by atoms with Crippen molar-refractivity contribution in [3.05, 3.63) is 77.0 Å². The number of benzene rings is 1. The van der Waals surface area contributed by atoms with Crippen molar-refractivity contribution in [3.8, 4) is 17.0 Å². The summed E-state index contributed by atoms with van der Waals surface area (Å²) in [5, 5.41) is 2.64. The molecule has 2 aromatic heterocycles. The molecule has 1 aliphatic rings. The zero-order chi connectivity index (χ0) is 25.9. The maximum atomic E-state index is 14.7. The van der Waals surface area contributed by atoms with Gasteiger partial charge in [0.05, 0.1) is 12.2 Å². The molecular weight excluding hydrogens is 481 g/mol. The summed E-state index contributed by atoms with van der Waals surface area (Å²) in [6.07, 6.45) is 2.25. The molecule has 1 saturated carbocycles. The zero-order valence-electron chi connectivity index (χ0n) is 19.5. The lowest BCUT2D eigenvalue weighted by atomic mass is 9.81. The van der Waals surface area contributed by atoms with E-state index in [4.69, 9.17) is 4.74 Å². The van der Waals surface area contributed by atoms with Gasteiger partial charge < -0.3 is 10.1 Å². The standard InChI is InChI=1S/C26H24F5N3O2/c1-2-36-25-22(29)11-16(13-34-25)24(35)33-14-20-18(19-12-17(27)3-4-21(19)28)7-10-32-23(20)15-5-8-26(30,31)9-6-15/h3-4,7,10-13,15H,2,5-6,8-9,14H2,1H3,(H,33,35). The van der Waals surface area contributed by atoms with Crippen LogP contribution in [-0.2, 0) is 6.54 Å². The fourth-order valence-electron chi connectivity index (χ4n) is 4.38. The van der Waals surface area contributed by atoms with Crippen LogP contribution in [-0.4, -0.2) is 28.4 Å². The first-order valence-electron chi connectivity index (χ1n) is 11.6. The van der Waals surface area contributed by atoms with Crippen LogP contribution in [0.25, 0.3) is 11.1 Å². The SMILES string of the molecule is CCOc1ncc(C(=O)NCc2c(-c3cc(F)ccc3F)ccnc2C2CCC(F)(F)CC2)cc1F. The molecule has 2 heterocycles. The molecule has 4 rings (SSSR count). The Balaban J connectivity index is 1.67. The van der Waals surface area contributed by atoms with Crippen molar-refractivity contribution in [1.82, 2.24) is 15.3 Å². The number of ether oxygens (including phenoxy) is 1. The molecule has 5 nitrogen and oxygen atoms in total. The van der Waals surface area contributed by atoms with Crippen molar-refractivity contribution in [2.75, 3.05) is 6.61 Å². The Morgan fingerprint density at radius 1 is 1.06 bits per heavy atom. The van der Waals surface area contributed by atoms with Crippen molar-refractivity contribution in [1.29, 1.82) is 0 Å². The van der Waals surface area contributed by atoms with E-state index in [1.54, 1.807) is 6.92 Å². The lowest BCUT2D eigenvalue weighted by Crippen LogP contribution is -2.27. The van der Waals surface area contributed by atoms with Crippen LogP contribution in [0.4, 0.5) is 22.0 Å². The summed E-state index contributed by atoms with van der Waals surface area (Å²) < 4.78 is 75.4. The molecular formula is C26H24F5N3O2. The second kappa shape index (κ2) is 10.6. The van der Waals surface area contributed by atoms with Gasteiger partial charge in [0.1, 0.15) is 11.6 Å². The molecule has 1 aromatic carbocycles. The number of amides is 1. The van der Waals surface area contributed by atoms with E-state index in [1.807, 2.05) is 0 Å². The third kappa shape index (κ3) is 5.63. The van der Waals surface area contributed by atoms with Crippen LogP contribution in [0.1, 0.15) is 60.1 Å². The van der Waals surface area contributed by atoms with E-state index in [-0.39, 0.29) is 67.3 Å². The maximum absolute atomic E-state index is 14.7. The average Bonchev–Trinajstić information content (AvgIpc) is 2.85. The number of hydrogen-bond acceptors (Lipinski definition) is 4. The second-order valence-electron chi connectivity index (χ2n) is 8.60. The highest BCUT2D eigenvalue weighted by molar-refractivity contribution is 5.94. The first-order chi connectivity index (χ1) is 17.2. The smallest absolute Gasteiger partial charge is 0.253 e. The first kappa shape index (κ1) is 25.5. The van der Waals surface area contributed by atoms with Crippen LogP contribution in [0.5, 0.6) is 5.88 Å². The predicted molar refractivity (Wildman–Crippen MR) is 122 cm³/mol. The quantitative estimate of drug-likeness (QED) is 0.390. The molecule has 10 heteroatoms. The first-order valence-corrected chi connectivity index (χ1v) is 11.6. The molecule has 0 bridgehead atoms. The van der Waals surface area contributed by atoms with E-state index in [0.717, 1.165) is 30.5 Å². The van der Waals surface area contributed by atoms with E-state index >= 15 is 0 Å². The Morgan fingerprint density at radius 3 is 2.50 bits per heavy atom. The van der Waals surface area contributed by atoms with Gasteiger partial charge in [-0.2, -0.15) is 0 Å². The zero-order valence-corrected chi connectivity index (χ0v) is 19.5. The highest BCUT2D eigenvalue weighted by Gasteiger charge is 2.37. The second-order valence-corrected chi connectivity index (χ2v) is 8.60. The summed E-state index contributed by atoms with van der Waals surface area (Å²) in [4.78, 5) is 21.0. The fraction of sp³-hybridized carbons (Fsp3) is 0.346. The minimum absolute atomic E-state index is 0.0437. The molecule has 1 amide bonds. The Bertz CT molecular complexity index is 1260. The van der Waals surface area contributed by atoms with Gasteiger partial charge in [0.25, 0.3) is 5.91 Å². The number of alkyl halides is 2. The largest absolute Gasteiger partial charge is 0.476 e. The maximum Gasteiger partial charge on any atom is 0.253 e. The number of pyridine rings is 2. The van der Waals surface area contributed by atoms with Crippen molar-refractivity contribution >= 4 is 5.91 Å². The molecule has 0 unspecified atom stereocenters. The van der Waals surface area contributed by atoms with E-state index in [1.165, 1.54) is 12.3 Å². The average molecular weight is 505 g/mol. The lowest BCUT2D eigenvalue weighted by Gasteiger charge is -2.29. The Hall–Kier alpha value is -3.56. The van der Waals surface area contributed by atoms with E-state index in [0.29, 0.717) is 11.3 Å². The van der Waals surface area contributed by atoms with Gasteiger partial charge in [0, 0.05) is 54.5 Å². The van der Waals surface area contributed by atoms with E-state index in [2.05, 4.69) is 15.3 Å². The van der Waals surface area contributed by atoms with Crippen LogP contribution >= 0.6 is 0 Å². The fourth-order valence-corrected chi connectivity index (χ4v) is 4.38. The summed E-state index contributed by atoms with van der Waals surface area (Å²) in [6, 6.07) is 5.47. The van der Waals surface area contributed by atoms with Crippen molar-refractivity contribution < 1.29 is 31.5 Å². The minimum atomic E-state index is -2.76. The Kier molecular flexibility index (Phi) is 7.51. The van der Waals surface area contributed by atoms with Crippen molar-refractivity contribution in [3.63, 3.8) is 0 Å². The highest BCUT2D eigenvalue weighted by Crippen LogP contribution is 2.42. The summed E-state index contributed by atoms with van der Waals surface area (Å²) in [5.41, 5.74) is 0.980. The molecule has 0 radical (unpaired) electrons.